The Kier molecular flexibility index (Phi) is 37.3. The molecule has 0 aliphatic carbocycles. The molecule has 3 unspecified atom stereocenters. The van der Waals surface area contributed by atoms with E-state index in [-0.39, 0.29) is 13.0 Å². The number of esters is 1. The lowest BCUT2D eigenvalue weighted by Gasteiger charge is -2.20. The third-order valence-corrected chi connectivity index (χ3v) is 9.11. The third-order valence-electron chi connectivity index (χ3n) is 8.16. The Labute approximate surface area is 333 Å². The van der Waals surface area contributed by atoms with Crippen molar-refractivity contribution in [2.45, 2.75) is 154 Å². The second-order valence-corrected chi connectivity index (χ2v) is 14.8. The summed E-state index contributed by atoms with van der Waals surface area (Å²) in [7, 11) is -4.64. The van der Waals surface area contributed by atoms with Crippen molar-refractivity contribution < 1.29 is 42.7 Å². The number of unbranched alkanes of at least 4 members (excludes halogenated alkanes) is 10. The van der Waals surface area contributed by atoms with Gasteiger partial charge in [-0.3, -0.25) is 18.6 Å². The van der Waals surface area contributed by atoms with Gasteiger partial charge in [0.15, 0.2) is 0 Å². The van der Waals surface area contributed by atoms with E-state index in [0.717, 1.165) is 96.3 Å². The van der Waals surface area contributed by atoms with Crippen LogP contribution in [0.1, 0.15) is 142 Å². The van der Waals surface area contributed by atoms with E-state index in [1.807, 2.05) is 0 Å². The second kappa shape index (κ2) is 39.4. The van der Waals surface area contributed by atoms with E-state index in [2.05, 4.69) is 98.9 Å². The Morgan fingerprint density at radius 1 is 0.600 bits per heavy atom. The molecule has 0 saturated carbocycles. The lowest BCUT2D eigenvalue weighted by molar-refractivity contribution is -0.154. The fraction of sp³-hybridized carbons (Fsp3) is 0.636. The molecule has 0 aliphatic heterocycles. The maximum atomic E-state index is 12.6. The monoisotopic (exact) mass is 792 g/mol. The van der Waals surface area contributed by atoms with Gasteiger partial charge >= 0.3 is 19.8 Å². The smallest absolute Gasteiger partial charge is 0.472 e. The summed E-state index contributed by atoms with van der Waals surface area (Å²) < 4.78 is 33.2. The quantitative estimate of drug-likeness (QED) is 0.0238. The number of ether oxygens (including phenoxy) is 2. The number of aliphatic carboxylic acids is 1. The zero-order valence-corrected chi connectivity index (χ0v) is 34.9. The van der Waals surface area contributed by atoms with Crippen molar-refractivity contribution in [3.05, 3.63) is 85.1 Å². The molecule has 3 atom stereocenters. The van der Waals surface area contributed by atoms with Crippen LogP contribution in [-0.2, 0) is 32.7 Å². The van der Waals surface area contributed by atoms with Crippen LogP contribution in [0.3, 0.4) is 0 Å². The molecule has 0 spiro atoms. The number of carboxylic acids is 1. The van der Waals surface area contributed by atoms with Crippen molar-refractivity contribution in [1.29, 1.82) is 0 Å². The van der Waals surface area contributed by atoms with Crippen molar-refractivity contribution in [2.75, 3.05) is 26.4 Å². The Morgan fingerprint density at radius 2 is 1.05 bits per heavy atom. The molecule has 0 rings (SSSR count). The number of allylic oxidation sites excluding steroid dienone is 14. The highest BCUT2D eigenvalue weighted by Crippen LogP contribution is 2.43. The molecule has 0 fully saturated rings. The maximum absolute atomic E-state index is 12.6. The Bertz CT molecular complexity index is 1190. The minimum absolute atomic E-state index is 0.0236. The first-order chi connectivity index (χ1) is 26.7. The van der Waals surface area contributed by atoms with E-state index in [1.165, 1.54) is 19.3 Å². The van der Waals surface area contributed by atoms with Crippen LogP contribution in [-0.4, -0.2) is 60.5 Å². The molecular formula is C44H74NO9P. The summed E-state index contributed by atoms with van der Waals surface area (Å²) in [5.41, 5.74) is 5.34. The van der Waals surface area contributed by atoms with Crippen molar-refractivity contribution in [2.24, 2.45) is 5.73 Å². The minimum Gasteiger partial charge on any atom is -0.480 e. The number of phosphoric ester groups is 1. The predicted octanol–water partition coefficient (Wildman–Crippen LogP) is 11.2. The predicted molar refractivity (Wildman–Crippen MR) is 226 cm³/mol. The van der Waals surface area contributed by atoms with Gasteiger partial charge in [0.05, 0.1) is 19.8 Å². The average molecular weight is 792 g/mol. The molecule has 0 aromatic heterocycles. The summed E-state index contributed by atoms with van der Waals surface area (Å²) >= 11 is 0. The summed E-state index contributed by atoms with van der Waals surface area (Å²) in [5, 5.41) is 8.88. The number of phosphoric acid groups is 1. The van der Waals surface area contributed by atoms with Gasteiger partial charge in [-0.05, 0) is 89.9 Å². The lowest BCUT2D eigenvalue weighted by Crippen LogP contribution is -2.34. The summed E-state index contributed by atoms with van der Waals surface area (Å²) in [4.78, 5) is 33.5. The van der Waals surface area contributed by atoms with Crippen LogP contribution in [0.25, 0.3) is 0 Å². The molecule has 0 amide bonds. The van der Waals surface area contributed by atoms with Gasteiger partial charge in [-0.15, -0.1) is 0 Å². The third kappa shape index (κ3) is 39.2. The van der Waals surface area contributed by atoms with Gasteiger partial charge in [0.25, 0.3) is 0 Å². The second-order valence-electron chi connectivity index (χ2n) is 13.4. The van der Waals surface area contributed by atoms with Crippen LogP contribution >= 0.6 is 7.82 Å². The minimum atomic E-state index is -4.64. The molecule has 0 heterocycles. The molecule has 55 heavy (non-hydrogen) atoms. The van der Waals surface area contributed by atoms with Gasteiger partial charge in [0.1, 0.15) is 12.1 Å². The fourth-order valence-electron chi connectivity index (χ4n) is 4.95. The van der Waals surface area contributed by atoms with E-state index < -0.39 is 45.1 Å². The van der Waals surface area contributed by atoms with Gasteiger partial charge in [0, 0.05) is 13.0 Å². The Morgan fingerprint density at radius 3 is 1.58 bits per heavy atom. The van der Waals surface area contributed by atoms with Crippen LogP contribution in [0.2, 0.25) is 0 Å². The van der Waals surface area contributed by atoms with E-state index in [1.54, 1.807) is 0 Å². The summed E-state index contributed by atoms with van der Waals surface area (Å²) in [6, 6.07) is -1.49. The van der Waals surface area contributed by atoms with Crippen LogP contribution in [0.5, 0.6) is 0 Å². The first-order valence-corrected chi connectivity index (χ1v) is 22.1. The molecule has 0 aliphatic rings. The molecule has 0 radical (unpaired) electrons. The standard InChI is InChI=1S/C44H74NO9P/c1-3-5-7-9-11-13-15-17-19-20-21-23-25-27-29-31-33-35-37-51-38-41(39-52-55(49,50)53-40-42(45)44(47)48)54-43(46)36-34-32-30-28-26-24-22-18-16-14-12-10-8-6-4-2/h5,7,11-14,17-19,21-23,27,29,41-42H,3-4,6,8-10,15-16,20,24-26,28,30-40,45H2,1-2H3,(H,47,48)(H,49,50)/b7-5-,13-11-,14-12-,19-17-,22-18-,23-21-,29-27-. The zero-order valence-electron chi connectivity index (χ0n) is 34.0. The number of carbonyl (C=O) groups excluding carboxylic acids is 1. The van der Waals surface area contributed by atoms with Crippen molar-refractivity contribution in [1.82, 2.24) is 0 Å². The number of rotatable bonds is 38. The average Bonchev–Trinajstić information content (AvgIpc) is 3.16. The lowest BCUT2D eigenvalue weighted by atomic mass is 10.1. The molecule has 314 valence electrons. The number of hydrogen-bond donors (Lipinski definition) is 3. The van der Waals surface area contributed by atoms with E-state index in [0.29, 0.717) is 13.0 Å². The topological polar surface area (TPSA) is 155 Å². The van der Waals surface area contributed by atoms with Crippen LogP contribution in [0, 0.1) is 0 Å². The van der Waals surface area contributed by atoms with Crippen LogP contribution in [0.15, 0.2) is 85.1 Å². The van der Waals surface area contributed by atoms with Gasteiger partial charge in [-0.2, -0.15) is 0 Å². The van der Waals surface area contributed by atoms with E-state index in [9.17, 15) is 19.0 Å². The van der Waals surface area contributed by atoms with Gasteiger partial charge in [0.2, 0.25) is 0 Å². The number of carboxylic acid groups (broad SMARTS) is 1. The Hall–Kier alpha value is -2.85. The SMILES string of the molecule is CC/C=C\C/C=C\C/C=C\C/C=C\C/C=C\CCCCOCC(COP(=O)(O)OCC(N)C(=O)O)OC(=O)CCCCCCC/C=C\C/C=C\CCCCC. The molecule has 0 saturated heterocycles. The van der Waals surface area contributed by atoms with E-state index >= 15 is 0 Å². The molecular weight excluding hydrogens is 717 g/mol. The highest BCUT2D eigenvalue weighted by atomic mass is 31.2. The Balaban J connectivity index is 4.40. The molecule has 4 N–H and O–H groups in total. The van der Waals surface area contributed by atoms with Crippen LogP contribution in [0.4, 0.5) is 0 Å². The fourth-order valence-corrected chi connectivity index (χ4v) is 5.73. The van der Waals surface area contributed by atoms with E-state index in [4.69, 9.17) is 29.4 Å². The molecule has 10 nitrogen and oxygen atoms in total. The van der Waals surface area contributed by atoms with Crippen molar-refractivity contribution in [3.63, 3.8) is 0 Å². The van der Waals surface area contributed by atoms with Crippen molar-refractivity contribution in [3.8, 4) is 0 Å². The summed E-state index contributed by atoms with van der Waals surface area (Å²) in [6.07, 6.45) is 49.2. The molecule has 0 aromatic rings. The molecule has 0 bridgehead atoms. The normalized spacial score (nSPS) is 14.8. The maximum Gasteiger partial charge on any atom is 0.472 e. The summed E-state index contributed by atoms with van der Waals surface area (Å²) in [6.45, 7) is 3.58. The number of carbonyl (C=O) groups is 2. The molecule has 0 aromatic carbocycles. The summed E-state index contributed by atoms with van der Waals surface area (Å²) in [5.74, 6) is -1.82. The van der Waals surface area contributed by atoms with Gasteiger partial charge in [-0.25, -0.2) is 4.57 Å². The van der Waals surface area contributed by atoms with Crippen molar-refractivity contribution >= 4 is 19.8 Å². The largest absolute Gasteiger partial charge is 0.480 e. The van der Waals surface area contributed by atoms with Crippen LogP contribution < -0.4 is 5.73 Å². The first-order valence-electron chi connectivity index (χ1n) is 20.6. The highest BCUT2D eigenvalue weighted by molar-refractivity contribution is 7.47. The van der Waals surface area contributed by atoms with Gasteiger partial charge in [-0.1, -0.05) is 131 Å². The zero-order chi connectivity index (χ0) is 40.5. The molecule has 11 heteroatoms. The number of hydrogen-bond acceptors (Lipinski definition) is 8. The number of nitrogens with two attached hydrogens (primary N) is 1. The highest BCUT2D eigenvalue weighted by Gasteiger charge is 2.27. The first kappa shape index (κ1) is 52.2. The van der Waals surface area contributed by atoms with Gasteiger partial charge < -0.3 is 25.2 Å².